The van der Waals surface area contributed by atoms with E-state index < -0.39 is 0 Å². The van der Waals surface area contributed by atoms with E-state index in [2.05, 4.69) is 50.5 Å². The highest BCUT2D eigenvalue weighted by Gasteiger charge is 2.15. The Morgan fingerprint density at radius 3 is 2.55 bits per heavy atom. The highest BCUT2D eigenvalue weighted by Crippen LogP contribution is 2.25. The minimum absolute atomic E-state index is 0.193. The molecule has 1 aromatic heterocycles. The molecule has 0 aliphatic carbocycles. The van der Waals surface area contributed by atoms with E-state index in [0.29, 0.717) is 6.54 Å². The predicted octanol–water partition coefficient (Wildman–Crippen LogP) is 3.36. The fraction of sp³-hybridized carbons (Fsp3) is 0.333. The van der Waals surface area contributed by atoms with Crippen LogP contribution in [-0.2, 0) is 0 Å². The Labute approximate surface area is 127 Å². The van der Waals surface area contributed by atoms with Gasteiger partial charge in [-0.1, -0.05) is 22.0 Å². The third-order valence-corrected chi connectivity index (χ3v) is 3.61. The lowest BCUT2D eigenvalue weighted by molar-refractivity contribution is 0.576. The van der Waals surface area contributed by atoms with Crippen LogP contribution in [-0.4, -0.2) is 22.3 Å². The fourth-order valence-corrected chi connectivity index (χ4v) is 2.17. The molecule has 4 nitrogen and oxygen atoms in total. The van der Waals surface area contributed by atoms with Crippen LogP contribution < -0.4 is 11.1 Å². The molecule has 0 amide bonds. The summed E-state index contributed by atoms with van der Waals surface area (Å²) >= 11 is 3.48. The highest BCUT2D eigenvalue weighted by atomic mass is 79.9. The number of aromatic nitrogens is 2. The monoisotopic (exact) mass is 334 g/mol. The summed E-state index contributed by atoms with van der Waals surface area (Å²) in [4.78, 5) is 0. The van der Waals surface area contributed by atoms with Gasteiger partial charge in [-0.15, -0.1) is 10.2 Å². The number of rotatable bonds is 4. The molecule has 1 heterocycles. The highest BCUT2D eigenvalue weighted by molar-refractivity contribution is 9.10. The van der Waals surface area contributed by atoms with Crippen LogP contribution in [0.15, 0.2) is 34.8 Å². The first-order chi connectivity index (χ1) is 9.41. The average molecular weight is 335 g/mol. The quantitative estimate of drug-likeness (QED) is 0.899. The molecular weight excluding hydrogens is 316 g/mol. The van der Waals surface area contributed by atoms with Crippen molar-refractivity contribution in [1.29, 1.82) is 0 Å². The lowest BCUT2D eigenvalue weighted by Gasteiger charge is -2.24. The Balaban J connectivity index is 2.26. The number of aryl methyl sites for hydroxylation is 1. The van der Waals surface area contributed by atoms with Crippen LogP contribution >= 0.6 is 15.9 Å². The molecule has 0 aliphatic rings. The second-order valence-electron chi connectivity index (χ2n) is 5.48. The Hall–Kier alpha value is -1.46. The minimum Gasteiger partial charge on any atom is -0.362 e. The zero-order valence-electron chi connectivity index (χ0n) is 11.9. The second kappa shape index (κ2) is 5.89. The van der Waals surface area contributed by atoms with Gasteiger partial charge in [0.1, 0.15) is 5.82 Å². The van der Waals surface area contributed by atoms with Gasteiger partial charge in [0.15, 0.2) is 0 Å². The van der Waals surface area contributed by atoms with Crippen molar-refractivity contribution in [2.24, 2.45) is 5.73 Å². The predicted molar refractivity (Wildman–Crippen MR) is 86.7 cm³/mol. The van der Waals surface area contributed by atoms with E-state index in [4.69, 9.17) is 5.73 Å². The first-order valence-electron chi connectivity index (χ1n) is 6.50. The molecule has 20 heavy (non-hydrogen) atoms. The molecule has 0 radical (unpaired) electrons. The molecule has 106 valence electrons. The van der Waals surface area contributed by atoms with Crippen molar-refractivity contribution in [2.75, 3.05) is 11.9 Å². The zero-order valence-corrected chi connectivity index (χ0v) is 13.5. The van der Waals surface area contributed by atoms with Crippen LogP contribution in [0.5, 0.6) is 0 Å². The number of halogens is 1. The number of hydrogen-bond acceptors (Lipinski definition) is 4. The number of anilines is 1. The molecule has 0 spiro atoms. The van der Waals surface area contributed by atoms with E-state index in [1.165, 1.54) is 5.56 Å². The van der Waals surface area contributed by atoms with Crippen LogP contribution in [0.3, 0.4) is 0 Å². The van der Waals surface area contributed by atoms with Gasteiger partial charge in [0.2, 0.25) is 0 Å². The molecular formula is C15H19BrN4. The maximum atomic E-state index is 5.70. The zero-order chi connectivity index (χ0) is 14.8. The molecule has 0 saturated heterocycles. The Morgan fingerprint density at radius 2 is 1.95 bits per heavy atom. The Bertz CT molecular complexity index is 593. The van der Waals surface area contributed by atoms with Crippen LogP contribution in [0.25, 0.3) is 11.3 Å². The van der Waals surface area contributed by atoms with E-state index >= 15 is 0 Å². The van der Waals surface area contributed by atoms with Gasteiger partial charge in [0.25, 0.3) is 0 Å². The molecule has 3 N–H and O–H groups in total. The van der Waals surface area contributed by atoms with Crippen LogP contribution in [0.4, 0.5) is 5.82 Å². The van der Waals surface area contributed by atoms with E-state index in [-0.39, 0.29) is 5.54 Å². The van der Waals surface area contributed by atoms with Crippen molar-refractivity contribution in [1.82, 2.24) is 10.2 Å². The molecule has 0 atom stereocenters. The third kappa shape index (κ3) is 3.55. The van der Waals surface area contributed by atoms with Crippen molar-refractivity contribution >= 4 is 21.7 Å². The second-order valence-corrected chi connectivity index (χ2v) is 6.39. The van der Waals surface area contributed by atoms with Gasteiger partial charge in [-0.05, 0) is 50.6 Å². The number of hydrogen-bond donors (Lipinski definition) is 2. The summed E-state index contributed by atoms with van der Waals surface area (Å²) in [5.41, 5.74) is 8.62. The average Bonchev–Trinajstić information content (AvgIpc) is 2.42. The van der Waals surface area contributed by atoms with Crippen LogP contribution in [0.2, 0.25) is 0 Å². The van der Waals surface area contributed by atoms with E-state index in [1.54, 1.807) is 0 Å². The van der Waals surface area contributed by atoms with E-state index in [0.717, 1.165) is 21.5 Å². The fourth-order valence-electron chi connectivity index (χ4n) is 1.81. The Morgan fingerprint density at radius 1 is 1.20 bits per heavy atom. The van der Waals surface area contributed by atoms with Gasteiger partial charge in [0, 0.05) is 22.1 Å². The van der Waals surface area contributed by atoms with Crippen molar-refractivity contribution < 1.29 is 0 Å². The van der Waals surface area contributed by atoms with Gasteiger partial charge in [-0.2, -0.15) is 0 Å². The normalized spacial score (nSPS) is 11.4. The molecule has 0 saturated carbocycles. The summed E-state index contributed by atoms with van der Waals surface area (Å²) in [6.07, 6.45) is 0. The number of nitrogens with one attached hydrogen (secondary N) is 1. The molecule has 0 fully saturated rings. The molecule has 1 aromatic carbocycles. The SMILES string of the molecule is Cc1ccc(Br)cc1-c1ccc(NC(C)(C)CN)nn1. The molecule has 0 bridgehead atoms. The Kier molecular flexibility index (Phi) is 4.40. The minimum atomic E-state index is -0.193. The topological polar surface area (TPSA) is 63.8 Å². The van der Waals surface area contributed by atoms with Crippen molar-refractivity contribution in [2.45, 2.75) is 26.3 Å². The number of nitrogens with zero attached hydrogens (tertiary/aromatic N) is 2. The maximum Gasteiger partial charge on any atom is 0.149 e. The van der Waals surface area contributed by atoms with Gasteiger partial charge in [0.05, 0.1) is 5.69 Å². The van der Waals surface area contributed by atoms with Gasteiger partial charge >= 0.3 is 0 Å². The summed E-state index contributed by atoms with van der Waals surface area (Å²) in [6.45, 7) is 6.65. The van der Waals surface area contributed by atoms with Gasteiger partial charge in [-0.25, -0.2) is 0 Å². The smallest absolute Gasteiger partial charge is 0.149 e. The van der Waals surface area contributed by atoms with Crippen molar-refractivity contribution in [3.8, 4) is 11.3 Å². The van der Waals surface area contributed by atoms with Crippen LogP contribution in [0.1, 0.15) is 19.4 Å². The summed E-state index contributed by atoms with van der Waals surface area (Å²) in [5, 5.41) is 11.8. The molecule has 0 unspecified atom stereocenters. The maximum absolute atomic E-state index is 5.70. The first-order valence-corrected chi connectivity index (χ1v) is 7.29. The van der Waals surface area contributed by atoms with Crippen molar-refractivity contribution in [3.63, 3.8) is 0 Å². The summed E-state index contributed by atoms with van der Waals surface area (Å²) < 4.78 is 1.03. The largest absolute Gasteiger partial charge is 0.362 e. The molecule has 2 rings (SSSR count). The first kappa shape index (κ1) is 14.9. The van der Waals surface area contributed by atoms with Gasteiger partial charge in [-0.3, -0.25) is 0 Å². The lowest BCUT2D eigenvalue weighted by atomic mass is 10.1. The summed E-state index contributed by atoms with van der Waals surface area (Å²) in [5.74, 6) is 0.733. The molecule has 5 heteroatoms. The van der Waals surface area contributed by atoms with E-state index in [1.807, 2.05) is 32.0 Å². The van der Waals surface area contributed by atoms with Crippen molar-refractivity contribution in [3.05, 3.63) is 40.4 Å². The van der Waals surface area contributed by atoms with Gasteiger partial charge < -0.3 is 11.1 Å². The standard InChI is InChI=1S/C15H19BrN4/c1-10-4-5-11(16)8-12(10)13-6-7-14(20-19-13)18-15(2,3)9-17/h4-8H,9,17H2,1-3H3,(H,18,20). The summed E-state index contributed by atoms with van der Waals surface area (Å²) in [7, 11) is 0. The lowest BCUT2D eigenvalue weighted by Crippen LogP contribution is -2.39. The molecule has 2 aromatic rings. The number of benzene rings is 1. The van der Waals surface area contributed by atoms with Crippen LogP contribution in [0, 0.1) is 6.92 Å². The summed E-state index contributed by atoms with van der Waals surface area (Å²) in [6, 6.07) is 10.0. The molecule has 0 aliphatic heterocycles. The van der Waals surface area contributed by atoms with E-state index in [9.17, 15) is 0 Å². The number of nitrogens with two attached hydrogens (primary N) is 1. The third-order valence-electron chi connectivity index (χ3n) is 3.12.